The minimum atomic E-state index is -0.841. The van der Waals surface area contributed by atoms with Crippen molar-refractivity contribution in [3.63, 3.8) is 0 Å². The highest BCUT2D eigenvalue weighted by molar-refractivity contribution is 7.84. The van der Waals surface area contributed by atoms with Gasteiger partial charge < -0.3 is 4.90 Å². The zero-order valence-corrected chi connectivity index (χ0v) is 13.1. The van der Waals surface area contributed by atoms with Gasteiger partial charge in [-0.2, -0.15) is 0 Å². The second-order valence-corrected chi connectivity index (χ2v) is 7.65. The molecule has 3 atom stereocenters. The number of hydrogen-bond acceptors (Lipinski definition) is 3. The predicted octanol–water partition coefficient (Wildman–Crippen LogP) is 1.48. The van der Waals surface area contributed by atoms with Gasteiger partial charge in [-0.15, -0.1) is 0 Å². The van der Waals surface area contributed by atoms with E-state index in [4.69, 9.17) is 0 Å². The maximum absolute atomic E-state index is 12.6. The summed E-state index contributed by atoms with van der Waals surface area (Å²) in [5, 5.41) is 3.56. The summed E-state index contributed by atoms with van der Waals surface area (Å²) >= 11 is 0. The Bertz CT molecular complexity index is 368. The summed E-state index contributed by atoms with van der Waals surface area (Å²) in [5.74, 6) is 1.34. The van der Waals surface area contributed by atoms with E-state index in [2.05, 4.69) is 12.2 Å². The standard InChI is InChI=1S/C14H26N2O2S/c1-4-14(2)13(17)16(9-10-19(3)18)12(15-14)11-7-5-6-8-11/h11-12,15H,4-10H2,1-3H3. The van der Waals surface area contributed by atoms with E-state index in [1.807, 2.05) is 11.8 Å². The summed E-state index contributed by atoms with van der Waals surface area (Å²) in [4.78, 5) is 14.6. The van der Waals surface area contributed by atoms with Crippen LogP contribution in [0, 0.1) is 5.92 Å². The van der Waals surface area contributed by atoms with E-state index in [0.717, 1.165) is 6.42 Å². The molecule has 0 spiro atoms. The third kappa shape index (κ3) is 3.02. The van der Waals surface area contributed by atoms with Gasteiger partial charge in [-0.05, 0) is 32.1 Å². The Morgan fingerprint density at radius 1 is 1.42 bits per heavy atom. The Labute approximate surface area is 118 Å². The highest BCUT2D eigenvalue weighted by Crippen LogP contribution is 2.35. The molecule has 4 nitrogen and oxygen atoms in total. The maximum Gasteiger partial charge on any atom is 0.243 e. The number of carbonyl (C=O) groups excluding carboxylic acids is 1. The second-order valence-electron chi connectivity index (χ2n) is 6.10. The van der Waals surface area contributed by atoms with Crippen LogP contribution in [0.2, 0.25) is 0 Å². The molecule has 5 heteroatoms. The smallest absolute Gasteiger partial charge is 0.243 e. The van der Waals surface area contributed by atoms with Gasteiger partial charge >= 0.3 is 0 Å². The van der Waals surface area contributed by atoms with Crippen LogP contribution >= 0.6 is 0 Å². The molecular weight excluding hydrogens is 260 g/mol. The largest absolute Gasteiger partial charge is 0.324 e. The first-order valence-corrected chi connectivity index (χ1v) is 9.09. The summed E-state index contributed by atoms with van der Waals surface area (Å²) in [6, 6.07) is 0. The van der Waals surface area contributed by atoms with Gasteiger partial charge in [-0.1, -0.05) is 19.8 Å². The molecule has 110 valence electrons. The normalized spacial score (nSPS) is 34.2. The van der Waals surface area contributed by atoms with Gasteiger partial charge in [0.25, 0.3) is 0 Å². The maximum atomic E-state index is 12.6. The fourth-order valence-corrected chi connectivity index (χ4v) is 3.73. The third-order valence-corrected chi connectivity index (χ3v) is 5.47. The van der Waals surface area contributed by atoms with Crippen LogP contribution in [-0.4, -0.2) is 45.3 Å². The third-order valence-electron chi connectivity index (χ3n) is 4.71. The molecule has 1 aliphatic carbocycles. The molecule has 1 saturated heterocycles. The Morgan fingerprint density at radius 3 is 2.58 bits per heavy atom. The SMILES string of the molecule is CCC1(C)NC(C2CCCC2)N(CCS(C)=O)C1=O. The van der Waals surface area contributed by atoms with Crippen LogP contribution < -0.4 is 5.32 Å². The topological polar surface area (TPSA) is 49.4 Å². The van der Waals surface area contributed by atoms with Gasteiger partial charge in [0, 0.05) is 29.4 Å². The lowest BCUT2D eigenvalue weighted by Gasteiger charge is -2.28. The van der Waals surface area contributed by atoms with Crippen LogP contribution in [0.4, 0.5) is 0 Å². The van der Waals surface area contributed by atoms with Crippen molar-refractivity contribution >= 4 is 16.7 Å². The van der Waals surface area contributed by atoms with Gasteiger partial charge in [0.1, 0.15) is 0 Å². The molecule has 2 rings (SSSR count). The molecule has 1 N–H and O–H groups in total. The Kier molecular flexibility index (Phi) is 4.66. The summed E-state index contributed by atoms with van der Waals surface area (Å²) in [7, 11) is -0.841. The Morgan fingerprint density at radius 2 is 2.05 bits per heavy atom. The quantitative estimate of drug-likeness (QED) is 0.833. The number of rotatable bonds is 5. The molecule has 1 saturated carbocycles. The first-order valence-electron chi connectivity index (χ1n) is 7.36. The summed E-state index contributed by atoms with van der Waals surface area (Å²) in [5.41, 5.74) is -0.428. The summed E-state index contributed by atoms with van der Waals surface area (Å²) in [6.45, 7) is 4.67. The summed E-state index contributed by atoms with van der Waals surface area (Å²) < 4.78 is 11.3. The molecular formula is C14H26N2O2S. The highest BCUT2D eigenvalue weighted by atomic mass is 32.2. The molecule has 2 aliphatic rings. The molecule has 0 bridgehead atoms. The molecule has 0 radical (unpaired) electrons. The van der Waals surface area contributed by atoms with Crippen molar-refractivity contribution in [2.75, 3.05) is 18.6 Å². The van der Waals surface area contributed by atoms with E-state index in [1.54, 1.807) is 6.26 Å². The van der Waals surface area contributed by atoms with E-state index < -0.39 is 16.3 Å². The second kappa shape index (κ2) is 5.92. The molecule has 0 aromatic carbocycles. The van der Waals surface area contributed by atoms with Crippen molar-refractivity contribution in [2.45, 2.75) is 57.7 Å². The number of carbonyl (C=O) groups is 1. The molecule has 1 heterocycles. The lowest BCUT2D eigenvalue weighted by atomic mass is 9.99. The van der Waals surface area contributed by atoms with Crippen LogP contribution in [0.15, 0.2) is 0 Å². The average Bonchev–Trinajstić information content (AvgIpc) is 2.96. The van der Waals surface area contributed by atoms with Crippen LogP contribution in [0.5, 0.6) is 0 Å². The number of hydrogen-bond donors (Lipinski definition) is 1. The zero-order chi connectivity index (χ0) is 14.0. The molecule has 3 unspecified atom stereocenters. The van der Waals surface area contributed by atoms with E-state index in [9.17, 15) is 9.00 Å². The van der Waals surface area contributed by atoms with Crippen molar-refractivity contribution < 1.29 is 9.00 Å². The molecule has 19 heavy (non-hydrogen) atoms. The van der Waals surface area contributed by atoms with Crippen LogP contribution in [-0.2, 0) is 15.6 Å². The Balaban J connectivity index is 2.13. The highest BCUT2D eigenvalue weighted by Gasteiger charge is 2.49. The lowest BCUT2D eigenvalue weighted by molar-refractivity contribution is -0.133. The molecule has 1 aliphatic heterocycles. The van der Waals surface area contributed by atoms with Crippen LogP contribution in [0.3, 0.4) is 0 Å². The van der Waals surface area contributed by atoms with E-state index in [1.165, 1.54) is 25.7 Å². The molecule has 0 aromatic heterocycles. The van der Waals surface area contributed by atoms with Crippen LogP contribution in [0.25, 0.3) is 0 Å². The first kappa shape index (κ1) is 15.0. The minimum Gasteiger partial charge on any atom is -0.324 e. The van der Waals surface area contributed by atoms with Gasteiger partial charge in [-0.25, -0.2) is 0 Å². The summed E-state index contributed by atoms with van der Waals surface area (Å²) in [6.07, 6.45) is 7.62. The zero-order valence-electron chi connectivity index (χ0n) is 12.3. The van der Waals surface area contributed by atoms with Gasteiger partial charge in [0.2, 0.25) is 5.91 Å². The van der Waals surface area contributed by atoms with Crippen molar-refractivity contribution in [1.82, 2.24) is 10.2 Å². The van der Waals surface area contributed by atoms with Gasteiger partial charge in [0.05, 0.1) is 11.7 Å². The fraction of sp³-hybridized carbons (Fsp3) is 0.929. The fourth-order valence-electron chi connectivity index (χ4n) is 3.28. The van der Waals surface area contributed by atoms with Crippen molar-refractivity contribution in [2.24, 2.45) is 5.92 Å². The molecule has 1 amide bonds. The number of amides is 1. The first-order chi connectivity index (χ1) is 8.98. The van der Waals surface area contributed by atoms with Crippen molar-refractivity contribution in [3.05, 3.63) is 0 Å². The van der Waals surface area contributed by atoms with Gasteiger partial charge in [-0.3, -0.25) is 14.3 Å². The average molecular weight is 286 g/mol. The van der Waals surface area contributed by atoms with E-state index >= 15 is 0 Å². The van der Waals surface area contributed by atoms with E-state index in [-0.39, 0.29) is 12.1 Å². The van der Waals surface area contributed by atoms with E-state index in [0.29, 0.717) is 18.2 Å². The lowest BCUT2D eigenvalue weighted by Crippen LogP contribution is -2.45. The minimum absolute atomic E-state index is 0.156. The predicted molar refractivity (Wildman–Crippen MR) is 78.2 cm³/mol. The molecule has 0 aromatic rings. The van der Waals surface area contributed by atoms with Crippen LogP contribution in [0.1, 0.15) is 46.0 Å². The van der Waals surface area contributed by atoms with Gasteiger partial charge in [0.15, 0.2) is 0 Å². The number of nitrogens with one attached hydrogen (secondary N) is 1. The monoisotopic (exact) mass is 286 g/mol. The van der Waals surface area contributed by atoms with Crippen molar-refractivity contribution in [1.29, 1.82) is 0 Å². The molecule has 2 fully saturated rings. The Hall–Kier alpha value is -0.420. The van der Waals surface area contributed by atoms with Crippen molar-refractivity contribution in [3.8, 4) is 0 Å². The number of nitrogens with zero attached hydrogens (tertiary/aromatic N) is 1.